The summed E-state index contributed by atoms with van der Waals surface area (Å²) in [4.78, 5) is 0. The van der Waals surface area contributed by atoms with Crippen LogP contribution < -0.4 is 0 Å². The molecule has 0 aromatic carbocycles. The van der Waals surface area contributed by atoms with Crippen LogP contribution in [0.5, 0.6) is 0 Å². The fourth-order valence-electron chi connectivity index (χ4n) is 1.19. The maximum Gasteiger partial charge on any atom is 0.141 e. The highest BCUT2D eigenvalue weighted by molar-refractivity contribution is 7.98. The lowest BCUT2D eigenvalue weighted by molar-refractivity contribution is 0.381. The van der Waals surface area contributed by atoms with Crippen molar-refractivity contribution < 1.29 is 4.52 Å². The lowest BCUT2D eigenvalue weighted by atomic mass is 10.2. The van der Waals surface area contributed by atoms with Gasteiger partial charge in [-0.05, 0) is 0 Å². The molecule has 1 aromatic rings. The average molecular weight is 190 g/mol. The Balaban J connectivity index is 2.38. The molecule has 0 saturated heterocycles. The minimum absolute atomic E-state index is 0.472. The van der Waals surface area contributed by atoms with Gasteiger partial charge in [0, 0.05) is 23.5 Å². The van der Waals surface area contributed by atoms with E-state index in [2.05, 4.69) is 5.16 Å². The zero-order valence-electron chi connectivity index (χ0n) is 5.97. The van der Waals surface area contributed by atoms with E-state index in [-0.39, 0.29) is 0 Å². The van der Waals surface area contributed by atoms with Gasteiger partial charge in [-0.3, -0.25) is 0 Å². The SMILES string of the molecule is ClCc1noc2c1CSCC2. The van der Waals surface area contributed by atoms with Gasteiger partial charge in [-0.1, -0.05) is 5.16 Å². The van der Waals surface area contributed by atoms with Crippen LogP contribution in [0.4, 0.5) is 0 Å². The third-order valence-corrected chi connectivity index (χ3v) is 3.04. The molecule has 0 saturated carbocycles. The highest BCUT2D eigenvalue weighted by Gasteiger charge is 2.18. The largest absolute Gasteiger partial charge is 0.361 e. The van der Waals surface area contributed by atoms with Crippen LogP contribution in [0, 0.1) is 0 Å². The lowest BCUT2D eigenvalue weighted by Crippen LogP contribution is -2.00. The Hall–Kier alpha value is -0.150. The smallest absolute Gasteiger partial charge is 0.141 e. The molecule has 1 aliphatic rings. The second-order valence-electron chi connectivity index (χ2n) is 2.47. The average Bonchev–Trinajstić information content (AvgIpc) is 2.47. The van der Waals surface area contributed by atoms with Gasteiger partial charge in [0.05, 0.1) is 5.88 Å². The van der Waals surface area contributed by atoms with Gasteiger partial charge in [-0.2, -0.15) is 11.8 Å². The van der Waals surface area contributed by atoms with Gasteiger partial charge in [0.25, 0.3) is 0 Å². The summed E-state index contributed by atoms with van der Waals surface area (Å²) in [7, 11) is 0. The zero-order chi connectivity index (χ0) is 7.68. The van der Waals surface area contributed by atoms with Crippen LogP contribution in [0.2, 0.25) is 0 Å². The Labute approximate surface area is 74.3 Å². The van der Waals surface area contributed by atoms with Gasteiger partial charge in [-0.25, -0.2) is 0 Å². The number of hydrogen-bond donors (Lipinski definition) is 0. The summed E-state index contributed by atoms with van der Waals surface area (Å²) in [5, 5.41) is 3.90. The number of hydrogen-bond acceptors (Lipinski definition) is 3. The first-order valence-electron chi connectivity index (χ1n) is 3.52. The molecule has 0 unspecified atom stereocenters. The molecular formula is C7H8ClNOS. The second kappa shape index (κ2) is 3.07. The minimum Gasteiger partial charge on any atom is -0.361 e. The molecule has 1 aliphatic heterocycles. The van der Waals surface area contributed by atoms with E-state index in [4.69, 9.17) is 16.1 Å². The molecule has 0 atom stereocenters. The molecule has 0 fully saturated rings. The van der Waals surface area contributed by atoms with E-state index in [0.29, 0.717) is 5.88 Å². The number of thioether (sulfide) groups is 1. The van der Waals surface area contributed by atoms with Crippen molar-refractivity contribution in [2.45, 2.75) is 18.1 Å². The summed E-state index contributed by atoms with van der Waals surface area (Å²) in [6.07, 6.45) is 1.00. The molecule has 2 nitrogen and oxygen atoms in total. The first-order chi connectivity index (χ1) is 5.42. The van der Waals surface area contributed by atoms with Crippen molar-refractivity contribution >= 4 is 23.4 Å². The standard InChI is InChI=1S/C7H8ClNOS/c8-3-6-5-4-11-2-1-7(5)10-9-6/h1-4H2. The molecule has 0 aliphatic carbocycles. The van der Waals surface area contributed by atoms with Crippen molar-refractivity contribution in [2.75, 3.05) is 5.75 Å². The van der Waals surface area contributed by atoms with Crippen molar-refractivity contribution in [3.8, 4) is 0 Å². The molecule has 11 heavy (non-hydrogen) atoms. The Morgan fingerprint density at radius 3 is 3.36 bits per heavy atom. The second-order valence-corrected chi connectivity index (χ2v) is 3.84. The summed E-state index contributed by atoms with van der Waals surface area (Å²) in [6, 6.07) is 0. The van der Waals surface area contributed by atoms with Crippen molar-refractivity contribution in [3.05, 3.63) is 17.0 Å². The van der Waals surface area contributed by atoms with Crippen LogP contribution in [0.25, 0.3) is 0 Å². The van der Waals surface area contributed by atoms with Crippen molar-refractivity contribution in [1.82, 2.24) is 5.16 Å². The summed E-state index contributed by atoms with van der Waals surface area (Å²) in [5.41, 5.74) is 2.16. The first kappa shape index (κ1) is 7.50. The van der Waals surface area contributed by atoms with E-state index in [1.165, 1.54) is 5.56 Å². The van der Waals surface area contributed by atoms with Crippen LogP contribution in [-0.4, -0.2) is 10.9 Å². The van der Waals surface area contributed by atoms with Gasteiger partial charge in [0.2, 0.25) is 0 Å². The Kier molecular flexibility index (Phi) is 2.09. The first-order valence-corrected chi connectivity index (χ1v) is 5.20. The number of fused-ring (bicyclic) bond motifs is 1. The Morgan fingerprint density at radius 2 is 2.55 bits per heavy atom. The molecule has 0 radical (unpaired) electrons. The Bertz CT molecular complexity index is 247. The number of alkyl halides is 1. The van der Waals surface area contributed by atoms with Crippen LogP contribution in [-0.2, 0) is 18.1 Å². The number of nitrogens with zero attached hydrogens (tertiary/aromatic N) is 1. The predicted molar refractivity (Wildman–Crippen MR) is 45.9 cm³/mol. The molecule has 0 amide bonds. The molecule has 2 heterocycles. The van der Waals surface area contributed by atoms with Crippen molar-refractivity contribution in [2.24, 2.45) is 0 Å². The zero-order valence-corrected chi connectivity index (χ0v) is 7.54. The van der Waals surface area contributed by atoms with Gasteiger partial charge in [0.15, 0.2) is 0 Å². The fourth-order valence-corrected chi connectivity index (χ4v) is 2.40. The van der Waals surface area contributed by atoms with E-state index in [1.807, 2.05) is 11.8 Å². The maximum absolute atomic E-state index is 5.67. The van der Waals surface area contributed by atoms with Crippen LogP contribution >= 0.6 is 23.4 Å². The van der Waals surface area contributed by atoms with Crippen molar-refractivity contribution in [3.63, 3.8) is 0 Å². The molecule has 60 valence electrons. The fraction of sp³-hybridized carbons (Fsp3) is 0.571. The third kappa shape index (κ3) is 1.27. The van der Waals surface area contributed by atoms with E-state index in [1.54, 1.807) is 0 Å². The molecular weight excluding hydrogens is 182 g/mol. The number of halogens is 1. The van der Waals surface area contributed by atoms with Gasteiger partial charge < -0.3 is 4.52 Å². The third-order valence-electron chi connectivity index (χ3n) is 1.80. The normalized spacial score (nSPS) is 16.5. The van der Waals surface area contributed by atoms with Crippen LogP contribution in [0.1, 0.15) is 17.0 Å². The minimum atomic E-state index is 0.472. The lowest BCUT2D eigenvalue weighted by Gasteiger charge is -2.07. The number of rotatable bonds is 1. The predicted octanol–water partition coefficient (Wildman–Crippen LogP) is 2.20. The molecule has 1 aromatic heterocycles. The molecule has 0 N–H and O–H groups in total. The van der Waals surface area contributed by atoms with E-state index >= 15 is 0 Å². The quantitative estimate of drug-likeness (QED) is 0.634. The number of aromatic nitrogens is 1. The molecule has 4 heteroatoms. The molecule has 2 rings (SSSR count). The molecule has 0 bridgehead atoms. The maximum atomic E-state index is 5.67. The van der Waals surface area contributed by atoms with Crippen LogP contribution in [0.3, 0.4) is 0 Å². The Morgan fingerprint density at radius 1 is 1.64 bits per heavy atom. The summed E-state index contributed by atoms with van der Waals surface area (Å²) in [6.45, 7) is 0. The van der Waals surface area contributed by atoms with Gasteiger partial charge in [-0.15, -0.1) is 11.6 Å². The summed E-state index contributed by atoms with van der Waals surface area (Å²) >= 11 is 7.59. The topological polar surface area (TPSA) is 26.0 Å². The van der Waals surface area contributed by atoms with E-state index in [9.17, 15) is 0 Å². The molecule has 0 spiro atoms. The summed E-state index contributed by atoms with van der Waals surface area (Å²) < 4.78 is 5.13. The number of aryl methyl sites for hydroxylation is 1. The van der Waals surface area contributed by atoms with Crippen molar-refractivity contribution in [1.29, 1.82) is 0 Å². The monoisotopic (exact) mass is 189 g/mol. The van der Waals surface area contributed by atoms with Gasteiger partial charge >= 0.3 is 0 Å². The van der Waals surface area contributed by atoms with Crippen LogP contribution in [0.15, 0.2) is 4.52 Å². The van der Waals surface area contributed by atoms with E-state index in [0.717, 1.165) is 29.4 Å². The van der Waals surface area contributed by atoms with E-state index < -0.39 is 0 Å². The summed E-state index contributed by atoms with van der Waals surface area (Å²) in [5.74, 6) is 3.67. The van der Waals surface area contributed by atoms with Gasteiger partial charge in [0.1, 0.15) is 11.5 Å². The highest BCUT2D eigenvalue weighted by Crippen LogP contribution is 2.27. The highest BCUT2D eigenvalue weighted by atomic mass is 35.5.